The number of benzene rings is 1. The normalized spacial score (nSPS) is 10.6. The smallest absolute Gasteiger partial charge is 0.178 e. The Bertz CT molecular complexity index is 774. The maximum atomic E-state index is 4.75. The van der Waals surface area contributed by atoms with Crippen molar-refractivity contribution >= 4 is 0 Å². The second kappa shape index (κ2) is 5.44. The van der Waals surface area contributed by atoms with Gasteiger partial charge in [-0.25, -0.2) is 15.0 Å². The van der Waals surface area contributed by atoms with Gasteiger partial charge < -0.3 is 0 Å². The molecule has 0 fully saturated rings. The van der Waals surface area contributed by atoms with Crippen LogP contribution in [0.5, 0.6) is 0 Å². The van der Waals surface area contributed by atoms with Gasteiger partial charge in [0, 0.05) is 17.5 Å². The highest BCUT2D eigenvalue weighted by Gasteiger charge is 2.09. The van der Waals surface area contributed by atoms with E-state index < -0.39 is 0 Å². The molecular formula is C18H17N3. The minimum absolute atomic E-state index is 0.670. The summed E-state index contributed by atoms with van der Waals surface area (Å²) in [5.41, 5.74) is 6.35. The number of rotatable bonds is 2. The Balaban J connectivity index is 2.13. The molecule has 3 heteroatoms. The van der Waals surface area contributed by atoms with Crippen LogP contribution in [0.25, 0.3) is 22.8 Å². The predicted molar refractivity (Wildman–Crippen MR) is 84.9 cm³/mol. The largest absolute Gasteiger partial charge is 0.244 e. The van der Waals surface area contributed by atoms with Gasteiger partial charge in [-0.05, 0) is 50.1 Å². The molecule has 3 nitrogen and oxygen atoms in total. The first-order valence-corrected chi connectivity index (χ1v) is 6.99. The van der Waals surface area contributed by atoms with Crippen LogP contribution < -0.4 is 0 Å². The van der Waals surface area contributed by atoms with E-state index in [2.05, 4.69) is 42.0 Å². The van der Waals surface area contributed by atoms with Crippen LogP contribution in [0.1, 0.15) is 16.8 Å². The fourth-order valence-electron chi connectivity index (χ4n) is 2.49. The Morgan fingerprint density at radius 1 is 0.714 bits per heavy atom. The summed E-state index contributed by atoms with van der Waals surface area (Å²) in [6, 6.07) is 14.2. The van der Waals surface area contributed by atoms with Gasteiger partial charge in [0.25, 0.3) is 0 Å². The molecule has 0 unspecified atom stereocenters. The van der Waals surface area contributed by atoms with Gasteiger partial charge >= 0.3 is 0 Å². The maximum Gasteiger partial charge on any atom is 0.178 e. The van der Waals surface area contributed by atoms with E-state index in [-0.39, 0.29) is 0 Å². The number of hydrogen-bond acceptors (Lipinski definition) is 3. The van der Waals surface area contributed by atoms with Gasteiger partial charge in [-0.15, -0.1) is 0 Å². The Hall–Kier alpha value is -2.55. The van der Waals surface area contributed by atoms with Gasteiger partial charge in [0.2, 0.25) is 0 Å². The average molecular weight is 275 g/mol. The highest BCUT2D eigenvalue weighted by atomic mass is 14.9. The van der Waals surface area contributed by atoms with Gasteiger partial charge in [0.15, 0.2) is 5.82 Å². The second-order valence-corrected chi connectivity index (χ2v) is 5.20. The highest BCUT2D eigenvalue weighted by Crippen LogP contribution is 2.26. The molecule has 0 saturated carbocycles. The zero-order valence-electron chi connectivity index (χ0n) is 12.5. The third kappa shape index (κ3) is 2.68. The topological polar surface area (TPSA) is 38.7 Å². The zero-order chi connectivity index (χ0) is 14.8. The van der Waals surface area contributed by atoms with Crippen LogP contribution in [-0.4, -0.2) is 15.0 Å². The Morgan fingerprint density at radius 3 is 2.10 bits per heavy atom. The van der Waals surface area contributed by atoms with Crippen LogP contribution in [0.3, 0.4) is 0 Å². The van der Waals surface area contributed by atoms with Crippen LogP contribution in [0, 0.1) is 20.8 Å². The van der Waals surface area contributed by atoms with E-state index in [1.54, 1.807) is 6.20 Å². The van der Waals surface area contributed by atoms with Gasteiger partial charge in [-0.2, -0.15) is 0 Å². The molecular weight excluding hydrogens is 258 g/mol. The molecule has 2 aromatic heterocycles. The van der Waals surface area contributed by atoms with Crippen molar-refractivity contribution in [2.24, 2.45) is 0 Å². The quantitative estimate of drug-likeness (QED) is 0.705. The van der Waals surface area contributed by atoms with Crippen LogP contribution in [0.15, 0.2) is 48.7 Å². The number of hydrogen-bond donors (Lipinski definition) is 0. The third-order valence-electron chi connectivity index (χ3n) is 3.51. The number of aryl methyl sites for hydroxylation is 3. The van der Waals surface area contributed by atoms with Crippen LogP contribution in [-0.2, 0) is 0 Å². The van der Waals surface area contributed by atoms with Gasteiger partial charge in [-0.1, -0.05) is 24.3 Å². The molecule has 0 aliphatic rings. The fraction of sp³-hybridized carbons (Fsp3) is 0.167. The third-order valence-corrected chi connectivity index (χ3v) is 3.51. The first-order valence-electron chi connectivity index (χ1n) is 6.99. The number of nitrogens with zero attached hydrogens (tertiary/aromatic N) is 3. The van der Waals surface area contributed by atoms with Crippen LogP contribution >= 0.6 is 0 Å². The lowest BCUT2D eigenvalue weighted by Crippen LogP contribution is -1.96. The first-order chi connectivity index (χ1) is 10.1. The summed E-state index contributed by atoms with van der Waals surface area (Å²) in [6.45, 7) is 6.18. The first kappa shape index (κ1) is 13.4. The highest BCUT2D eigenvalue weighted by molar-refractivity contribution is 5.69. The molecule has 1 aromatic carbocycles. The zero-order valence-corrected chi connectivity index (χ0v) is 12.5. The molecule has 104 valence electrons. The van der Waals surface area contributed by atoms with Gasteiger partial charge in [0.1, 0.15) is 5.69 Å². The lowest BCUT2D eigenvalue weighted by Gasteiger charge is -2.10. The number of aromatic nitrogens is 3. The molecule has 2 heterocycles. The molecule has 0 amide bonds. The van der Waals surface area contributed by atoms with Crippen molar-refractivity contribution in [1.82, 2.24) is 15.0 Å². The van der Waals surface area contributed by atoms with E-state index in [1.807, 2.05) is 31.2 Å². The maximum absolute atomic E-state index is 4.75. The number of pyridine rings is 1. The van der Waals surface area contributed by atoms with E-state index in [4.69, 9.17) is 4.98 Å². The summed E-state index contributed by atoms with van der Waals surface area (Å²) >= 11 is 0. The molecule has 0 saturated heterocycles. The predicted octanol–water partition coefficient (Wildman–Crippen LogP) is 4.13. The Kier molecular flexibility index (Phi) is 3.48. The second-order valence-electron chi connectivity index (χ2n) is 5.20. The summed E-state index contributed by atoms with van der Waals surface area (Å²) in [6.07, 6.45) is 1.77. The van der Waals surface area contributed by atoms with E-state index in [0.29, 0.717) is 5.82 Å². The van der Waals surface area contributed by atoms with Gasteiger partial charge in [0.05, 0.1) is 5.69 Å². The van der Waals surface area contributed by atoms with Crippen molar-refractivity contribution in [3.05, 3.63) is 65.5 Å². The lowest BCUT2D eigenvalue weighted by atomic mass is 9.99. The van der Waals surface area contributed by atoms with Crippen molar-refractivity contribution in [2.45, 2.75) is 20.8 Å². The molecule has 0 radical (unpaired) electrons. The summed E-state index contributed by atoms with van der Waals surface area (Å²) in [4.78, 5) is 13.5. The Morgan fingerprint density at radius 2 is 1.38 bits per heavy atom. The monoisotopic (exact) mass is 275 g/mol. The van der Waals surface area contributed by atoms with E-state index >= 15 is 0 Å². The summed E-state index contributed by atoms with van der Waals surface area (Å²) < 4.78 is 0. The van der Waals surface area contributed by atoms with Crippen molar-refractivity contribution in [3.8, 4) is 22.8 Å². The van der Waals surface area contributed by atoms with Crippen molar-refractivity contribution in [3.63, 3.8) is 0 Å². The van der Waals surface area contributed by atoms with Crippen LogP contribution in [0.2, 0.25) is 0 Å². The lowest BCUT2D eigenvalue weighted by molar-refractivity contribution is 1.09. The van der Waals surface area contributed by atoms with E-state index in [1.165, 1.54) is 16.7 Å². The summed E-state index contributed by atoms with van der Waals surface area (Å²) in [5.74, 6) is 0.670. The van der Waals surface area contributed by atoms with Crippen LogP contribution in [0.4, 0.5) is 0 Å². The van der Waals surface area contributed by atoms with E-state index in [9.17, 15) is 0 Å². The molecule has 3 aromatic rings. The molecule has 3 rings (SSSR count). The van der Waals surface area contributed by atoms with Gasteiger partial charge in [-0.3, -0.25) is 0 Å². The summed E-state index contributed by atoms with van der Waals surface area (Å²) in [5, 5.41) is 0. The standard InChI is InChI=1S/C18H17N3/c1-12-6-4-7-13(2)17(12)15-8-5-9-16(21-15)18-19-11-10-14(3)20-18/h4-11H,1-3H3. The van der Waals surface area contributed by atoms with Crippen molar-refractivity contribution in [1.29, 1.82) is 0 Å². The Labute approximate surface area is 124 Å². The molecule has 21 heavy (non-hydrogen) atoms. The SMILES string of the molecule is Cc1ccnc(-c2cccc(-c3c(C)cccc3C)n2)n1. The molecule has 0 aliphatic heterocycles. The molecule has 0 N–H and O–H groups in total. The van der Waals surface area contributed by atoms with E-state index in [0.717, 1.165) is 17.1 Å². The molecule has 0 bridgehead atoms. The molecule has 0 spiro atoms. The molecule has 0 atom stereocenters. The summed E-state index contributed by atoms with van der Waals surface area (Å²) in [7, 11) is 0. The average Bonchev–Trinajstić information content (AvgIpc) is 2.47. The fourth-order valence-corrected chi connectivity index (χ4v) is 2.49. The minimum Gasteiger partial charge on any atom is -0.244 e. The van der Waals surface area contributed by atoms with Crippen molar-refractivity contribution in [2.75, 3.05) is 0 Å². The molecule has 0 aliphatic carbocycles. The van der Waals surface area contributed by atoms with Crippen molar-refractivity contribution < 1.29 is 0 Å². The minimum atomic E-state index is 0.670.